The van der Waals surface area contributed by atoms with E-state index < -0.39 is 0 Å². The molecule has 2 rings (SSSR count). The maximum atomic E-state index is 5.28. The van der Waals surface area contributed by atoms with E-state index in [9.17, 15) is 0 Å². The first-order valence-corrected chi connectivity index (χ1v) is 7.97. The van der Waals surface area contributed by atoms with Crippen molar-refractivity contribution in [2.75, 3.05) is 14.2 Å². The smallest absolute Gasteiger partial charge is 0.118 e. The van der Waals surface area contributed by atoms with Gasteiger partial charge in [0.15, 0.2) is 0 Å². The van der Waals surface area contributed by atoms with Crippen molar-refractivity contribution in [3.63, 3.8) is 0 Å². The van der Waals surface area contributed by atoms with E-state index in [2.05, 4.69) is 38.1 Å². The molecule has 0 N–H and O–H groups in total. The fraction of sp³-hybridized carbons (Fsp3) is 0.400. The van der Waals surface area contributed by atoms with Gasteiger partial charge in [-0.3, -0.25) is 0 Å². The van der Waals surface area contributed by atoms with Crippen LogP contribution < -0.4 is 9.47 Å². The number of hydrogen-bond acceptors (Lipinski definition) is 2. The highest BCUT2D eigenvalue weighted by molar-refractivity contribution is 5.38. The zero-order valence-electron chi connectivity index (χ0n) is 14.0. The molecule has 2 nitrogen and oxygen atoms in total. The third kappa shape index (κ3) is 3.82. The molecule has 2 aromatic carbocycles. The average molecular weight is 298 g/mol. The number of methoxy groups -OCH3 is 2. The van der Waals surface area contributed by atoms with Crippen molar-refractivity contribution in [3.8, 4) is 11.5 Å². The Balaban J connectivity index is 2.35. The summed E-state index contributed by atoms with van der Waals surface area (Å²) in [6.07, 6.45) is 2.41. The Morgan fingerprint density at radius 2 is 1.18 bits per heavy atom. The third-order valence-corrected chi connectivity index (χ3v) is 4.26. The van der Waals surface area contributed by atoms with Crippen LogP contribution in [0.4, 0.5) is 0 Å². The SMILES string of the molecule is CCCC(C)C(c1ccc(OC)cc1)c1ccc(OC)cc1. The second-order valence-electron chi connectivity index (χ2n) is 5.79. The van der Waals surface area contributed by atoms with Crippen LogP contribution in [0.5, 0.6) is 11.5 Å². The predicted octanol–water partition coefficient (Wildman–Crippen LogP) is 5.27. The third-order valence-electron chi connectivity index (χ3n) is 4.26. The summed E-state index contributed by atoms with van der Waals surface area (Å²) in [5, 5.41) is 0. The van der Waals surface area contributed by atoms with Crippen molar-refractivity contribution in [2.45, 2.75) is 32.6 Å². The molecule has 0 spiro atoms. The summed E-state index contributed by atoms with van der Waals surface area (Å²) in [6, 6.07) is 16.9. The summed E-state index contributed by atoms with van der Waals surface area (Å²) in [7, 11) is 3.41. The van der Waals surface area contributed by atoms with E-state index in [0.29, 0.717) is 11.8 Å². The predicted molar refractivity (Wildman–Crippen MR) is 91.9 cm³/mol. The largest absolute Gasteiger partial charge is 0.497 e. The second kappa shape index (κ2) is 7.88. The van der Waals surface area contributed by atoms with Gasteiger partial charge in [-0.15, -0.1) is 0 Å². The van der Waals surface area contributed by atoms with Gasteiger partial charge in [-0.2, -0.15) is 0 Å². The van der Waals surface area contributed by atoms with Gasteiger partial charge < -0.3 is 9.47 Å². The number of hydrogen-bond donors (Lipinski definition) is 0. The molecule has 0 saturated heterocycles. The zero-order chi connectivity index (χ0) is 15.9. The molecule has 118 valence electrons. The minimum absolute atomic E-state index is 0.400. The lowest BCUT2D eigenvalue weighted by Crippen LogP contribution is -2.11. The molecule has 1 atom stereocenters. The van der Waals surface area contributed by atoms with Crippen LogP contribution in [0.3, 0.4) is 0 Å². The van der Waals surface area contributed by atoms with E-state index in [0.717, 1.165) is 11.5 Å². The maximum Gasteiger partial charge on any atom is 0.118 e. The summed E-state index contributed by atoms with van der Waals surface area (Å²) >= 11 is 0. The second-order valence-corrected chi connectivity index (χ2v) is 5.79. The molecule has 0 fully saturated rings. The molecule has 0 aliphatic heterocycles. The molecule has 0 aromatic heterocycles. The molecule has 0 heterocycles. The summed E-state index contributed by atoms with van der Waals surface area (Å²) in [4.78, 5) is 0. The van der Waals surface area contributed by atoms with Gasteiger partial charge in [0, 0.05) is 5.92 Å². The van der Waals surface area contributed by atoms with Crippen molar-refractivity contribution in [3.05, 3.63) is 59.7 Å². The minimum Gasteiger partial charge on any atom is -0.497 e. The first-order valence-electron chi connectivity index (χ1n) is 7.97. The van der Waals surface area contributed by atoms with Crippen molar-refractivity contribution in [1.82, 2.24) is 0 Å². The molecule has 0 aliphatic rings. The van der Waals surface area contributed by atoms with Crippen LogP contribution >= 0.6 is 0 Å². The highest BCUT2D eigenvalue weighted by Gasteiger charge is 2.21. The molecular formula is C20H26O2. The molecule has 0 aliphatic carbocycles. The van der Waals surface area contributed by atoms with Gasteiger partial charge in [-0.05, 0) is 41.3 Å². The van der Waals surface area contributed by atoms with Gasteiger partial charge in [-0.25, -0.2) is 0 Å². The molecule has 0 bridgehead atoms. The highest BCUT2D eigenvalue weighted by atomic mass is 16.5. The average Bonchev–Trinajstić information content (AvgIpc) is 2.56. The Bertz CT molecular complexity index is 510. The minimum atomic E-state index is 0.400. The Hall–Kier alpha value is -1.96. The Labute approximate surface area is 134 Å². The molecule has 0 radical (unpaired) electrons. The van der Waals surface area contributed by atoms with E-state index in [4.69, 9.17) is 9.47 Å². The standard InChI is InChI=1S/C20H26O2/c1-5-6-15(2)20(16-7-11-18(21-3)12-8-16)17-9-13-19(22-4)14-10-17/h7-15,20H,5-6H2,1-4H3. The lowest BCUT2D eigenvalue weighted by molar-refractivity contribution is 0.413. The van der Waals surface area contributed by atoms with E-state index in [1.165, 1.54) is 24.0 Å². The van der Waals surface area contributed by atoms with Crippen LogP contribution in [0.2, 0.25) is 0 Å². The van der Waals surface area contributed by atoms with Gasteiger partial charge in [-0.1, -0.05) is 51.0 Å². The maximum absolute atomic E-state index is 5.28. The van der Waals surface area contributed by atoms with Crippen molar-refractivity contribution in [1.29, 1.82) is 0 Å². The number of ether oxygens (including phenoxy) is 2. The first-order chi connectivity index (χ1) is 10.7. The van der Waals surface area contributed by atoms with Crippen LogP contribution in [0.1, 0.15) is 43.7 Å². The molecular weight excluding hydrogens is 272 g/mol. The molecule has 0 amide bonds. The van der Waals surface area contributed by atoms with Crippen LogP contribution in [0, 0.1) is 5.92 Å². The van der Waals surface area contributed by atoms with Gasteiger partial charge in [0.2, 0.25) is 0 Å². The van der Waals surface area contributed by atoms with E-state index in [-0.39, 0.29) is 0 Å². The van der Waals surface area contributed by atoms with E-state index >= 15 is 0 Å². The van der Waals surface area contributed by atoms with Crippen LogP contribution in [-0.2, 0) is 0 Å². The lowest BCUT2D eigenvalue weighted by atomic mass is 9.79. The summed E-state index contributed by atoms with van der Waals surface area (Å²) in [6.45, 7) is 4.58. The van der Waals surface area contributed by atoms with Crippen LogP contribution in [-0.4, -0.2) is 14.2 Å². The van der Waals surface area contributed by atoms with Crippen molar-refractivity contribution < 1.29 is 9.47 Å². The topological polar surface area (TPSA) is 18.5 Å². The van der Waals surface area contributed by atoms with E-state index in [1.54, 1.807) is 14.2 Å². The summed E-state index contributed by atoms with van der Waals surface area (Å²) in [5.41, 5.74) is 2.68. The van der Waals surface area contributed by atoms with Crippen molar-refractivity contribution >= 4 is 0 Å². The normalized spacial score (nSPS) is 12.2. The molecule has 2 aromatic rings. The van der Waals surface area contributed by atoms with Gasteiger partial charge in [0.25, 0.3) is 0 Å². The van der Waals surface area contributed by atoms with Gasteiger partial charge in [0.1, 0.15) is 11.5 Å². The summed E-state index contributed by atoms with van der Waals surface area (Å²) in [5.74, 6) is 2.80. The van der Waals surface area contributed by atoms with Crippen LogP contribution in [0.25, 0.3) is 0 Å². The fourth-order valence-corrected chi connectivity index (χ4v) is 3.09. The fourth-order valence-electron chi connectivity index (χ4n) is 3.09. The lowest BCUT2D eigenvalue weighted by Gasteiger charge is -2.25. The monoisotopic (exact) mass is 298 g/mol. The highest BCUT2D eigenvalue weighted by Crippen LogP contribution is 2.35. The molecule has 0 saturated carbocycles. The van der Waals surface area contributed by atoms with Gasteiger partial charge >= 0.3 is 0 Å². The quantitative estimate of drug-likeness (QED) is 0.693. The first kappa shape index (κ1) is 16.4. The molecule has 22 heavy (non-hydrogen) atoms. The molecule has 1 unspecified atom stereocenters. The summed E-state index contributed by atoms with van der Waals surface area (Å²) < 4.78 is 10.6. The Kier molecular flexibility index (Phi) is 5.88. The van der Waals surface area contributed by atoms with Crippen LogP contribution in [0.15, 0.2) is 48.5 Å². The number of benzene rings is 2. The Morgan fingerprint density at radius 3 is 1.50 bits per heavy atom. The zero-order valence-corrected chi connectivity index (χ0v) is 14.0. The van der Waals surface area contributed by atoms with Gasteiger partial charge in [0.05, 0.1) is 14.2 Å². The molecule has 2 heteroatoms. The van der Waals surface area contributed by atoms with E-state index in [1.807, 2.05) is 24.3 Å². The number of rotatable bonds is 7. The Morgan fingerprint density at radius 1 is 0.773 bits per heavy atom. The van der Waals surface area contributed by atoms with Crippen molar-refractivity contribution in [2.24, 2.45) is 5.92 Å².